The van der Waals surface area contributed by atoms with E-state index in [2.05, 4.69) is 34.1 Å². The van der Waals surface area contributed by atoms with E-state index in [9.17, 15) is 15.2 Å². The maximum absolute atomic E-state index is 13.1. The summed E-state index contributed by atoms with van der Waals surface area (Å²) in [6.07, 6.45) is 3.92. The minimum absolute atomic E-state index is 0.0127. The third-order valence-electron chi connectivity index (χ3n) is 7.16. The Labute approximate surface area is 177 Å². The van der Waals surface area contributed by atoms with Gasteiger partial charge in [0, 0.05) is 31.6 Å². The van der Waals surface area contributed by atoms with E-state index < -0.39 is 0 Å². The molecule has 2 aromatic carbocycles. The molecule has 2 aromatic rings. The standard InChI is InChI=1S/C25H27N3O2/c1-27-22-8-7-19(18-4-2-3-17(11-18)14-26)13-21(22)25-20(23(27)15-29)9-10-28(25)24(30)12-16-5-6-16/h2-4,7-8,11,13,16,20,23,25,29H,5-6,9-10,12,15H2,1H3/t20-,23-,25-/m1/s1. The van der Waals surface area contributed by atoms with E-state index in [-0.39, 0.29) is 30.5 Å². The van der Waals surface area contributed by atoms with Gasteiger partial charge in [-0.1, -0.05) is 18.2 Å². The monoisotopic (exact) mass is 401 g/mol. The van der Waals surface area contributed by atoms with Crippen molar-refractivity contribution >= 4 is 11.6 Å². The quantitative estimate of drug-likeness (QED) is 0.848. The van der Waals surface area contributed by atoms with Crippen molar-refractivity contribution in [3.05, 3.63) is 53.6 Å². The number of carbonyl (C=O) groups excluding carboxylic acids is 1. The number of benzene rings is 2. The zero-order valence-electron chi connectivity index (χ0n) is 17.3. The van der Waals surface area contributed by atoms with Crippen LogP contribution in [0, 0.1) is 23.2 Å². The molecular formula is C25H27N3O2. The molecule has 2 fully saturated rings. The number of nitrogens with zero attached hydrogens (tertiary/aromatic N) is 3. The lowest BCUT2D eigenvalue weighted by Crippen LogP contribution is -2.48. The van der Waals surface area contributed by atoms with Crippen LogP contribution in [0.25, 0.3) is 11.1 Å². The SMILES string of the molecule is CN1c2ccc(-c3cccc(C#N)c3)cc2[C@H]2[C@H](CCN2C(=O)CC2CC2)[C@H]1CO. The number of likely N-dealkylation sites (tertiary alicyclic amines) is 1. The molecule has 5 rings (SSSR count). The molecule has 5 nitrogen and oxygen atoms in total. The fourth-order valence-corrected chi connectivity index (χ4v) is 5.37. The summed E-state index contributed by atoms with van der Waals surface area (Å²) in [6, 6.07) is 16.3. The minimum Gasteiger partial charge on any atom is -0.394 e. The van der Waals surface area contributed by atoms with Crippen molar-refractivity contribution in [3.8, 4) is 17.2 Å². The van der Waals surface area contributed by atoms with Gasteiger partial charge in [0.15, 0.2) is 0 Å². The zero-order valence-corrected chi connectivity index (χ0v) is 17.3. The van der Waals surface area contributed by atoms with E-state index in [1.54, 1.807) is 0 Å². The Kier molecular flexibility index (Phi) is 4.75. The van der Waals surface area contributed by atoms with Gasteiger partial charge in [0.2, 0.25) is 5.91 Å². The average Bonchev–Trinajstić information content (AvgIpc) is 3.48. The molecule has 30 heavy (non-hydrogen) atoms. The summed E-state index contributed by atoms with van der Waals surface area (Å²) in [6.45, 7) is 0.854. The molecule has 1 aliphatic carbocycles. The Bertz CT molecular complexity index is 1020. The van der Waals surface area contributed by atoms with E-state index in [4.69, 9.17) is 0 Å². The molecule has 0 unspecified atom stereocenters. The first-order valence-electron chi connectivity index (χ1n) is 10.9. The Hall–Kier alpha value is -2.84. The fraction of sp³-hybridized carbons (Fsp3) is 0.440. The average molecular weight is 402 g/mol. The Balaban J connectivity index is 1.57. The van der Waals surface area contributed by atoms with Crippen LogP contribution in [0.15, 0.2) is 42.5 Å². The van der Waals surface area contributed by atoms with Crippen LogP contribution in [0.3, 0.4) is 0 Å². The Morgan fingerprint density at radius 1 is 1.17 bits per heavy atom. The Morgan fingerprint density at radius 2 is 1.97 bits per heavy atom. The Morgan fingerprint density at radius 3 is 2.70 bits per heavy atom. The molecule has 5 heteroatoms. The van der Waals surface area contributed by atoms with Gasteiger partial charge in [0.1, 0.15) is 0 Å². The molecule has 0 radical (unpaired) electrons. The highest BCUT2D eigenvalue weighted by atomic mass is 16.3. The first kappa shape index (κ1) is 19.1. The highest BCUT2D eigenvalue weighted by Gasteiger charge is 2.48. The first-order valence-corrected chi connectivity index (χ1v) is 10.9. The van der Waals surface area contributed by atoms with Crippen molar-refractivity contribution in [2.24, 2.45) is 11.8 Å². The molecule has 0 aromatic heterocycles. The molecular weight excluding hydrogens is 374 g/mol. The van der Waals surface area contributed by atoms with Gasteiger partial charge in [-0.2, -0.15) is 5.26 Å². The van der Waals surface area contributed by atoms with Crippen LogP contribution in [-0.4, -0.2) is 42.2 Å². The van der Waals surface area contributed by atoms with Gasteiger partial charge < -0.3 is 14.9 Å². The summed E-state index contributed by atoms with van der Waals surface area (Å²) >= 11 is 0. The van der Waals surface area contributed by atoms with Gasteiger partial charge in [0.25, 0.3) is 0 Å². The van der Waals surface area contributed by atoms with Crippen LogP contribution in [0.2, 0.25) is 0 Å². The van der Waals surface area contributed by atoms with Crippen LogP contribution >= 0.6 is 0 Å². The number of aliphatic hydroxyl groups is 1. The molecule has 2 aliphatic heterocycles. The van der Waals surface area contributed by atoms with Crippen molar-refractivity contribution in [2.45, 2.75) is 37.8 Å². The van der Waals surface area contributed by atoms with Gasteiger partial charge >= 0.3 is 0 Å². The van der Waals surface area contributed by atoms with Crippen molar-refractivity contribution in [2.75, 3.05) is 25.1 Å². The molecule has 3 aliphatic rings. The van der Waals surface area contributed by atoms with E-state index in [0.29, 0.717) is 17.9 Å². The van der Waals surface area contributed by atoms with E-state index in [1.807, 2.05) is 31.3 Å². The van der Waals surface area contributed by atoms with Crippen molar-refractivity contribution < 1.29 is 9.90 Å². The summed E-state index contributed by atoms with van der Waals surface area (Å²) in [5.41, 5.74) is 4.95. The maximum Gasteiger partial charge on any atom is 0.223 e. The maximum atomic E-state index is 13.1. The summed E-state index contributed by atoms with van der Waals surface area (Å²) in [4.78, 5) is 17.3. The fourth-order valence-electron chi connectivity index (χ4n) is 5.37. The largest absolute Gasteiger partial charge is 0.394 e. The van der Waals surface area contributed by atoms with Gasteiger partial charge in [0.05, 0.1) is 30.3 Å². The number of hydrogen-bond acceptors (Lipinski definition) is 4. The highest BCUT2D eigenvalue weighted by Crippen LogP contribution is 2.50. The minimum atomic E-state index is 0.0127. The summed E-state index contributed by atoms with van der Waals surface area (Å²) in [7, 11) is 2.04. The van der Waals surface area contributed by atoms with E-state index in [1.165, 1.54) is 12.8 Å². The van der Waals surface area contributed by atoms with Crippen LogP contribution < -0.4 is 4.90 Å². The van der Waals surface area contributed by atoms with Gasteiger partial charge in [-0.25, -0.2) is 0 Å². The van der Waals surface area contributed by atoms with E-state index in [0.717, 1.165) is 35.3 Å². The number of amides is 1. The molecule has 1 saturated carbocycles. The summed E-state index contributed by atoms with van der Waals surface area (Å²) in [5, 5.41) is 19.4. The smallest absolute Gasteiger partial charge is 0.223 e. The number of nitriles is 1. The lowest BCUT2D eigenvalue weighted by Gasteiger charge is -2.44. The zero-order chi connectivity index (χ0) is 20.8. The normalized spacial score (nSPS) is 24.9. The third kappa shape index (κ3) is 3.16. The second-order valence-electron chi connectivity index (χ2n) is 8.96. The van der Waals surface area contributed by atoms with Crippen LogP contribution in [-0.2, 0) is 4.79 Å². The molecule has 1 saturated heterocycles. The highest BCUT2D eigenvalue weighted by molar-refractivity contribution is 5.79. The van der Waals surface area contributed by atoms with Crippen molar-refractivity contribution in [3.63, 3.8) is 0 Å². The molecule has 2 heterocycles. The van der Waals surface area contributed by atoms with Gasteiger partial charge in [-0.15, -0.1) is 0 Å². The number of fused-ring (bicyclic) bond motifs is 3. The molecule has 1 N–H and O–H groups in total. The lowest BCUT2D eigenvalue weighted by atomic mass is 9.81. The molecule has 0 spiro atoms. The second-order valence-corrected chi connectivity index (χ2v) is 8.96. The van der Waals surface area contributed by atoms with Gasteiger partial charge in [-0.3, -0.25) is 4.79 Å². The number of rotatable bonds is 4. The van der Waals surface area contributed by atoms with Crippen LogP contribution in [0.4, 0.5) is 5.69 Å². The number of anilines is 1. The summed E-state index contributed by atoms with van der Waals surface area (Å²) in [5.74, 6) is 1.06. The summed E-state index contributed by atoms with van der Waals surface area (Å²) < 4.78 is 0. The third-order valence-corrected chi connectivity index (χ3v) is 7.16. The predicted molar refractivity (Wildman–Crippen MR) is 116 cm³/mol. The molecule has 1 amide bonds. The molecule has 3 atom stereocenters. The topological polar surface area (TPSA) is 67.6 Å². The number of aliphatic hydroxyl groups excluding tert-OH is 1. The van der Waals surface area contributed by atoms with Crippen molar-refractivity contribution in [1.29, 1.82) is 5.26 Å². The van der Waals surface area contributed by atoms with Gasteiger partial charge in [-0.05, 0) is 66.1 Å². The van der Waals surface area contributed by atoms with Crippen LogP contribution in [0.5, 0.6) is 0 Å². The first-order chi connectivity index (χ1) is 14.6. The lowest BCUT2D eigenvalue weighted by molar-refractivity contribution is -0.133. The molecule has 0 bridgehead atoms. The second kappa shape index (κ2) is 7.45. The van der Waals surface area contributed by atoms with Crippen molar-refractivity contribution in [1.82, 2.24) is 4.90 Å². The number of likely N-dealkylation sites (N-methyl/N-ethyl adjacent to an activating group) is 1. The predicted octanol–water partition coefficient (Wildman–Crippen LogP) is 3.73. The number of hydrogen-bond donors (Lipinski definition) is 1. The van der Waals surface area contributed by atoms with E-state index >= 15 is 0 Å². The van der Waals surface area contributed by atoms with Crippen LogP contribution in [0.1, 0.15) is 42.9 Å². The molecule has 154 valence electrons. The number of carbonyl (C=O) groups is 1.